The molecule has 0 spiro atoms. The van der Waals surface area contributed by atoms with Crippen molar-refractivity contribution in [2.24, 2.45) is 5.92 Å². The molecule has 0 aromatic carbocycles. The van der Waals surface area contributed by atoms with Crippen molar-refractivity contribution >= 4 is 11.7 Å². The molecule has 4 heterocycles. The molecular formula is C18H20N6O2. The second-order valence-electron chi connectivity index (χ2n) is 6.78. The molecule has 8 heteroatoms. The normalized spacial score (nSPS) is 20.0. The molecule has 1 fully saturated rings. The lowest BCUT2D eigenvalue weighted by Gasteiger charge is -2.14. The van der Waals surface area contributed by atoms with E-state index in [1.807, 2.05) is 32.0 Å². The Hall–Kier alpha value is -2.87. The van der Waals surface area contributed by atoms with Crippen LogP contribution in [0.2, 0.25) is 0 Å². The van der Waals surface area contributed by atoms with Gasteiger partial charge in [-0.1, -0.05) is 0 Å². The molecule has 0 aliphatic carbocycles. The van der Waals surface area contributed by atoms with Crippen LogP contribution >= 0.6 is 0 Å². The van der Waals surface area contributed by atoms with Crippen molar-refractivity contribution in [3.8, 4) is 0 Å². The Morgan fingerprint density at radius 1 is 1.23 bits per heavy atom. The fourth-order valence-electron chi connectivity index (χ4n) is 3.44. The topological polar surface area (TPSA) is 96.5 Å². The molecule has 3 aromatic rings. The molecule has 1 aliphatic heterocycles. The van der Waals surface area contributed by atoms with E-state index in [2.05, 4.69) is 20.1 Å². The van der Waals surface area contributed by atoms with Gasteiger partial charge in [0.25, 0.3) is 11.7 Å². The molecule has 3 aromatic heterocycles. The summed E-state index contributed by atoms with van der Waals surface area (Å²) in [5.41, 5.74) is 2.80. The van der Waals surface area contributed by atoms with Gasteiger partial charge in [0.2, 0.25) is 5.82 Å². The Morgan fingerprint density at radius 3 is 2.77 bits per heavy atom. The first-order valence-corrected chi connectivity index (χ1v) is 8.58. The number of hydrogen-bond acceptors (Lipinski definition) is 6. The lowest BCUT2D eigenvalue weighted by molar-refractivity contribution is 0.0753. The SMILES string of the molecule is Cc1cc(C)n2nc(C(=O)N3C[C@@H](Cc4ccncc4)[C@H](O)C3)nc2n1. The van der Waals surface area contributed by atoms with Gasteiger partial charge in [0.05, 0.1) is 6.10 Å². The van der Waals surface area contributed by atoms with E-state index in [0.29, 0.717) is 18.7 Å². The summed E-state index contributed by atoms with van der Waals surface area (Å²) in [5, 5.41) is 14.7. The van der Waals surface area contributed by atoms with Crippen molar-refractivity contribution in [2.75, 3.05) is 13.1 Å². The quantitative estimate of drug-likeness (QED) is 0.749. The van der Waals surface area contributed by atoms with Crippen LogP contribution in [0.3, 0.4) is 0 Å². The number of aryl methyl sites for hydroxylation is 2. The molecule has 1 aliphatic rings. The molecule has 1 N–H and O–H groups in total. The van der Waals surface area contributed by atoms with Crippen LogP contribution in [0, 0.1) is 19.8 Å². The molecule has 1 amide bonds. The molecule has 8 nitrogen and oxygen atoms in total. The number of fused-ring (bicyclic) bond motifs is 1. The highest BCUT2D eigenvalue weighted by Crippen LogP contribution is 2.22. The highest BCUT2D eigenvalue weighted by molar-refractivity contribution is 5.91. The van der Waals surface area contributed by atoms with Gasteiger partial charge >= 0.3 is 0 Å². The first-order valence-electron chi connectivity index (χ1n) is 8.58. The van der Waals surface area contributed by atoms with Crippen LogP contribution in [0.25, 0.3) is 5.78 Å². The van der Waals surface area contributed by atoms with Gasteiger partial charge in [-0.3, -0.25) is 9.78 Å². The summed E-state index contributed by atoms with van der Waals surface area (Å²) in [7, 11) is 0. The maximum atomic E-state index is 12.8. The molecule has 0 bridgehead atoms. The second kappa shape index (κ2) is 6.45. The summed E-state index contributed by atoms with van der Waals surface area (Å²) < 4.78 is 1.57. The minimum Gasteiger partial charge on any atom is -0.391 e. The van der Waals surface area contributed by atoms with E-state index in [1.54, 1.807) is 21.8 Å². The predicted molar refractivity (Wildman–Crippen MR) is 93.6 cm³/mol. The number of hydrogen-bond donors (Lipinski definition) is 1. The largest absolute Gasteiger partial charge is 0.391 e. The molecule has 4 rings (SSSR count). The number of carbonyl (C=O) groups is 1. The summed E-state index contributed by atoms with van der Waals surface area (Å²) in [5.74, 6) is 0.242. The minimum atomic E-state index is -0.564. The zero-order valence-electron chi connectivity index (χ0n) is 14.7. The van der Waals surface area contributed by atoms with E-state index in [0.717, 1.165) is 17.0 Å². The van der Waals surface area contributed by atoms with Crippen LogP contribution < -0.4 is 0 Å². The van der Waals surface area contributed by atoms with E-state index in [1.165, 1.54) is 0 Å². The minimum absolute atomic E-state index is 0.0134. The van der Waals surface area contributed by atoms with Crippen molar-refractivity contribution < 1.29 is 9.90 Å². The lowest BCUT2D eigenvalue weighted by atomic mass is 9.97. The zero-order valence-corrected chi connectivity index (χ0v) is 14.7. The smallest absolute Gasteiger partial charge is 0.293 e. The monoisotopic (exact) mass is 352 g/mol. The number of rotatable bonds is 3. The van der Waals surface area contributed by atoms with Crippen LogP contribution in [0.4, 0.5) is 0 Å². The summed E-state index contributed by atoms with van der Waals surface area (Å²) in [6.07, 6.45) is 3.60. The van der Waals surface area contributed by atoms with Gasteiger partial charge < -0.3 is 10.0 Å². The van der Waals surface area contributed by atoms with Gasteiger partial charge in [-0.2, -0.15) is 4.98 Å². The Bertz CT molecular complexity index is 955. The number of β-amino-alcohol motifs (C(OH)–C–C–N with tert-alkyl or cyclic N) is 1. The standard InChI is InChI=1S/C18H20N6O2/c1-11-7-12(2)24-18(20-11)21-16(22-24)17(26)23-9-14(15(25)10-23)8-13-3-5-19-6-4-13/h3-7,14-15,25H,8-10H2,1-2H3/t14-,15-/m1/s1. The van der Waals surface area contributed by atoms with E-state index >= 15 is 0 Å². The van der Waals surface area contributed by atoms with Gasteiger partial charge in [-0.05, 0) is 44.0 Å². The van der Waals surface area contributed by atoms with Gasteiger partial charge in [0.15, 0.2) is 0 Å². The maximum absolute atomic E-state index is 12.8. The summed E-state index contributed by atoms with van der Waals surface area (Å²) in [6, 6.07) is 5.75. The molecule has 2 atom stereocenters. The molecule has 0 saturated carbocycles. The number of likely N-dealkylation sites (tertiary alicyclic amines) is 1. The number of carbonyl (C=O) groups excluding carboxylic acids is 1. The van der Waals surface area contributed by atoms with E-state index < -0.39 is 6.10 Å². The highest BCUT2D eigenvalue weighted by atomic mass is 16.3. The average Bonchev–Trinajstić information content (AvgIpc) is 3.19. The maximum Gasteiger partial charge on any atom is 0.293 e. The molecule has 134 valence electrons. The number of aliphatic hydroxyl groups excluding tert-OH is 1. The summed E-state index contributed by atoms with van der Waals surface area (Å²) in [6.45, 7) is 4.54. The third-order valence-corrected chi connectivity index (χ3v) is 4.75. The van der Waals surface area contributed by atoms with Crippen LogP contribution in [0.5, 0.6) is 0 Å². The Morgan fingerprint density at radius 2 is 2.00 bits per heavy atom. The summed E-state index contributed by atoms with van der Waals surface area (Å²) >= 11 is 0. The van der Waals surface area contributed by atoms with Gasteiger partial charge in [0, 0.05) is 42.8 Å². The zero-order chi connectivity index (χ0) is 18.3. The third-order valence-electron chi connectivity index (χ3n) is 4.75. The van der Waals surface area contributed by atoms with E-state index in [9.17, 15) is 9.90 Å². The lowest BCUT2D eigenvalue weighted by Crippen LogP contribution is -2.30. The van der Waals surface area contributed by atoms with Crippen molar-refractivity contribution in [1.29, 1.82) is 0 Å². The molecule has 0 radical (unpaired) electrons. The molecular weight excluding hydrogens is 332 g/mol. The van der Waals surface area contributed by atoms with Crippen molar-refractivity contribution in [3.05, 3.63) is 53.4 Å². The van der Waals surface area contributed by atoms with Crippen LogP contribution in [-0.4, -0.2) is 59.7 Å². The van der Waals surface area contributed by atoms with Crippen LogP contribution in [0.15, 0.2) is 30.6 Å². The Balaban J connectivity index is 1.53. The van der Waals surface area contributed by atoms with E-state index in [-0.39, 0.29) is 24.2 Å². The van der Waals surface area contributed by atoms with Crippen molar-refractivity contribution in [3.63, 3.8) is 0 Å². The van der Waals surface area contributed by atoms with Gasteiger partial charge in [-0.25, -0.2) is 9.50 Å². The highest BCUT2D eigenvalue weighted by Gasteiger charge is 2.35. The molecule has 0 unspecified atom stereocenters. The molecule has 26 heavy (non-hydrogen) atoms. The van der Waals surface area contributed by atoms with Crippen molar-refractivity contribution in [1.82, 2.24) is 29.5 Å². The van der Waals surface area contributed by atoms with Crippen LogP contribution in [-0.2, 0) is 6.42 Å². The number of nitrogens with zero attached hydrogens (tertiary/aromatic N) is 6. The summed E-state index contributed by atoms with van der Waals surface area (Å²) in [4.78, 5) is 27.0. The average molecular weight is 352 g/mol. The third kappa shape index (κ3) is 3.03. The second-order valence-corrected chi connectivity index (χ2v) is 6.78. The van der Waals surface area contributed by atoms with Gasteiger partial charge in [-0.15, -0.1) is 5.10 Å². The fraction of sp³-hybridized carbons (Fsp3) is 0.389. The number of aliphatic hydroxyl groups is 1. The van der Waals surface area contributed by atoms with Crippen molar-refractivity contribution in [2.45, 2.75) is 26.4 Å². The fourth-order valence-corrected chi connectivity index (χ4v) is 3.44. The molecule has 1 saturated heterocycles. The first-order chi connectivity index (χ1) is 12.5. The number of pyridine rings is 1. The Labute approximate surface area is 150 Å². The van der Waals surface area contributed by atoms with Gasteiger partial charge in [0.1, 0.15) is 0 Å². The van der Waals surface area contributed by atoms with Crippen LogP contribution in [0.1, 0.15) is 27.6 Å². The number of amides is 1. The first kappa shape index (κ1) is 16.6. The number of aromatic nitrogens is 5. The Kier molecular flexibility index (Phi) is 4.12. The van der Waals surface area contributed by atoms with E-state index in [4.69, 9.17) is 0 Å². The predicted octanol–water partition coefficient (Wildman–Crippen LogP) is 0.812.